The number of aromatic nitrogens is 1. The molecule has 0 aliphatic carbocycles. The van der Waals surface area contributed by atoms with Gasteiger partial charge in [0.15, 0.2) is 16.6 Å². The predicted molar refractivity (Wildman–Crippen MR) is 142 cm³/mol. The Balaban J connectivity index is 1.78. The van der Waals surface area contributed by atoms with Crippen LogP contribution in [0, 0.1) is 5.82 Å². The molecule has 1 saturated heterocycles. The second-order valence-corrected chi connectivity index (χ2v) is 9.69. The zero-order chi connectivity index (χ0) is 27.1. The Labute approximate surface area is 225 Å². The number of carbonyl (C=O) groups is 2. The molecule has 5 rings (SSSR count). The minimum Gasteiger partial charge on any atom is -0.507 e. The van der Waals surface area contributed by atoms with Crippen LogP contribution < -0.4 is 19.1 Å². The van der Waals surface area contributed by atoms with Gasteiger partial charge in [0.2, 0.25) is 5.75 Å². The lowest BCUT2D eigenvalue weighted by atomic mass is 9.95. The first-order valence-corrected chi connectivity index (χ1v) is 12.4. The van der Waals surface area contributed by atoms with Crippen LogP contribution in [0.2, 0.25) is 5.02 Å². The van der Waals surface area contributed by atoms with E-state index < -0.39 is 29.3 Å². The number of nitrogens with zero attached hydrogens (tertiary/aromatic N) is 2. The predicted octanol–water partition coefficient (Wildman–Crippen LogP) is 5.74. The highest BCUT2D eigenvalue weighted by Gasteiger charge is 2.48. The van der Waals surface area contributed by atoms with Gasteiger partial charge in [0.05, 0.1) is 43.2 Å². The number of rotatable bonds is 6. The molecule has 38 heavy (non-hydrogen) atoms. The molecule has 1 N–H and O–H groups in total. The summed E-state index contributed by atoms with van der Waals surface area (Å²) in [5.41, 5.74) is 0.961. The summed E-state index contributed by atoms with van der Waals surface area (Å²) in [7, 11) is 4.33. The quantitative estimate of drug-likeness (QED) is 0.184. The van der Waals surface area contributed by atoms with Crippen LogP contribution in [0.1, 0.15) is 17.2 Å². The largest absolute Gasteiger partial charge is 0.507 e. The number of Topliss-reactive ketones (excluding diaryl/α,β-unsaturated/α-hetero) is 1. The Bertz CT molecular complexity index is 1590. The molecule has 1 atom stereocenters. The SMILES string of the molecule is COc1cc(C2/C(=C(\O)c3ccc(Cl)cc3)C(=O)C(=O)N2c2nc3ccc(F)cc3s2)cc(OC)c1OC. The summed E-state index contributed by atoms with van der Waals surface area (Å²) in [6.45, 7) is 0. The van der Waals surface area contributed by atoms with Gasteiger partial charge in [-0.15, -0.1) is 0 Å². The third kappa shape index (κ3) is 4.21. The minimum atomic E-state index is -1.12. The molecule has 0 bridgehead atoms. The Morgan fingerprint density at radius 1 is 1.00 bits per heavy atom. The van der Waals surface area contributed by atoms with Crippen LogP contribution >= 0.6 is 22.9 Å². The molecule has 1 fully saturated rings. The average Bonchev–Trinajstić information content (AvgIpc) is 3.45. The van der Waals surface area contributed by atoms with E-state index in [0.717, 1.165) is 11.3 Å². The fourth-order valence-electron chi connectivity index (χ4n) is 4.36. The van der Waals surface area contributed by atoms with Crippen LogP contribution in [0.25, 0.3) is 16.0 Å². The van der Waals surface area contributed by atoms with Gasteiger partial charge >= 0.3 is 5.91 Å². The summed E-state index contributed by atoms with van der Waals surface area (Å²) < 4.78 is 30.8. The Kier molecular flexibility index (Phi) is 6.68. The number of aliphatic hydroxyl groups is 1. The minimum absolute atomic E-state index is 0.154. The molecule has 1 amide bonds. The molecule has 0 radical (unpaired) electrons. The zero-order valence-corrected chi connectivity index (χ0v) is 21.9. The molecular formula is C27H20ClFN2O6S. The third-order valence-corrected chi connectivity index (χ3v) is 7.38. The maximum Gasteiger partial charge on any atom is 0.301 e. The van der Waals surface area contributed by atoms with Gasteiger partial charge < -0.3 is 19.3 Å². The second-order valence-electron chi connectivity index (χ2n) is 8.24. The van der Waals surface area contributed by atoms with Crippen LogP contribution in [-0.4, -0.2) is 43.1 Å². The van der Waals surface area contributed by atoms with Crippen molar-refractivity contribution in [1.82, 2.24) is 4.98 Å². The van der Waals surface area contributed by atoms with Crippen molar-refractivity contribution in [3.63, 3.8) is 0 Å². The molecular weight excluding hydrogens is 535 g/mol. The van der Waals surface area contributed by atoms with Gasteiger partial charge in [-0.3, -0.25) is 14.5 Å². The van der Waals surface area contributed by atoms with Crippen molar-refractivity contribution in [2.24, 2.45) is 0 Å². The number of hydrogen-bond acceptors (Lipinski definition) is 8. The number of carbonyl (C=O) groups excluding carboxylic acids is 2. The lowest BCUT2D eigenvalue weighted by Gasteiger charge is -2.24. The van der Waals surface area contributed by atoms with Gasteiger partial charge in [-0.05, 0) is 60.2 Å². The molecule has 8 nitrogen and oxygen atoms in total. The monoisotopic (exact) mass is 554 g/mol. The first-order valence-electron chi connectivity index (χ1n) is 11.2. The summed E-state index contributed by atoms with van der Waals surface area (Å²) in [5.74, 6) is -1.80. The number of aliphatic hydroxyl groups excluding tert-OH is 1. The van der Waals surface area contributed by atoms with Crippen LogP contribution in [0.4, 0.5) is 9.52 Å². The number of amides is 1. The molecule has 1 aromatic heterocycles. The van der Waals surface area contributed by atoms with Gasteiger partial charge in [-0.2, -0.15) is 0 Å². The van der Waals surface area contributed by atoms with Gasteiger partial charge in [0.1, 0.15) is 11.6 Å². The first-order chi connectivity index (χ1) is 18.3. The maximum atomic E-state index is 13.9. The number of ketones is 1. The molecule has 1 aliphatic rings. The lowest BCUT2D eigenvalue weighted by molar-refractivity contribution is -0.132. The molecule has 0 spiro atoms. The summed E-state index contributed by atoms with van der Waals surface area (Å²) in [6.07, 6.45) is 0. The molecule has 1 unspecified atom stereocenters. The van der Waals surface area contributed by atoms with Gasteiger partial charge in [0.25, 0.3) is 5.78 Å². The van der Waals surface area contributed by atoms with Crippen LogP contribution in [0.5, 0.6) is 17.2 Å². The standard InChI is InChI=1S/C27H20ClFN2O6S/c1-35-18-10-14(11-19(36-2)25(18)37-3)22-21(23(32)13-4-6-15(28)7-5-13)24(33)26(34)31(22)27-30-17-9-8-16(29)12-20(17)38-27/h4-12,22,32H,1-3H3/b23-21+. The fourth-order valence-corrected chi connectivity index (χ4v) is 5.50. The summed E-state index contributed by atoms with van der Waals surface area (Å²) in [5, 5.41) is 11.9. The van der Waals surface area contributed by atoms with Crippen molar-refractivity contribution >= 4 is 55.7 Å². The van der Waals surface area contributed by atoms with E-state index in [2.05, 4.69) is 4.98 Å². The van der Waals surface area contributed by atoms with E-state index in [-0.39, 0.29) is 27.8 Å². The normalized spacial score (nSPS) is 16.8. The molecule has 2 heterocycles. The van der Waals surface area contributed by atoms with Gasteiger partial charge in [-0.25, -0.2) is 9.37 Å². The Morgan fingerprint density at radius 2 is 1.66 bits per heavy atom. The number of hydrogen-bond donors (Lipinski definition) is 1. The highest BCUT2D eigenvalue weighted by Crippen LogP contribution is 2.48. The van der Waals surface area contributed by atoms with E-state index in [1.807, 2.05) is 0 Å². The number of halogens is 2. The number of thiazole rings is 1. The van der Waals surface area contributed by atoms with E-state index in [4.69, 9.17) is 25.8 Å². The maximum absolute atomic E-state index is 13.9. The first kappa shape index (κ1) is 25.5. The zero-order valence-electron chi connectivity index (χ0n) is 20.3. The van der Waals surface area contributed by atoms with Gasteiger partial charge in [-0.1, -0.05) is 22.9 Å². The highest BCUT2D eigenvalue weighted by atomic mass is 35.5. The summed E-state index contributed by atoms with van der Waals surface area (Å²) in [6, 6.07) is 12.3. The van der Waals surface area contributed by atoms with E-state index >= 15 is 0 Å². The van der Waals surface area contributed by atoms with Crippen molar-refractivity contribution < 1.29 is 33.3 Å². The average molecular weight is 555 g/mol. The molecule has 1 aliphatic heterocycles. The number of fused-ring (bicyclic) bond motifs is 1. The van der Waals surface area contributed by atoms with Crippen LogP contribution in [0.3, 0.4) is 0 Å². The van der Waals surface area contributed by atoms with Gasteiger partial charge in [0, 0.05) is 10.6 Å². The van der Waals surface area contributed by atoms with Crippen LogP contribution in [-0.2, 0) is 9.59 Å². The Hall–Kier alpha value is -4.15. The number of ether oxygens (including phenoxy) is 3. The van der Waals surface area contributed by atoms with Crippen molar-refractivity contribution in [2.75, 3.05) is 26.2 Å². The molecule has 0 saturated carbocycles. The van der Waals surface area contributed by atoms with Crippen molar-refractivity contribution in [2.45, 2.75) is 6.04 Å². The van der Waals surface area contributed by atoms with Crippen molar-refractivity contribution in [3.05, 3.63) is 82.1 Å². The summed E-state index contributed by atoms with van der Waals surface area (Å²) >= 11 is 7.05. The lowest BCUT2D eigenvalue weighted by Crippen LogP contribution is -2.29. The summed E-state index contributed by atoms with van der Waals surface area (Å²) in [4.78, 5) is 32.6. The number of benzene rings is 3. The Morgan fingerprint density at radius 3 is 2.26 bits per heavy atom. The van der Waals surface area contributed by atoms with Crippen molar-refractivity contribution in [3.8, 4) is 17.2 Å². The number of methoxy groups -OCH3 is 3. The molecule has 11 heteroatoms. The van der Waals surface area contributed by atoms with Crippen molar-refractivity contribution in [1.29, 1.82) is 0 Å². The smallest absolute Gasteiger partial charge is 0.301 e. The number of anilines is 1. The topological polar surface area (TPSA) is 98.2 Å². The second kappa shape index (κ2) is 9.96. The van der Waals surface area contributed by atoms with E-state index in [0.29, 0.717) is 26.6 Å². The fraction of sp³-hybridized carbons (Fsp3) is 0.148. The highest BCUT2D eigenvalue weighted by molar-refractivity contribution is 7.22. The molecule has 3 aromatic carbocycles. The van der Waals surface area contributed by atoms with E-state index in [9.17, 15) is 19.1 Å². The van der Waals surface area contributed by atoms with Crippen LogP contribution in [0.15, 0.2) is 60.2 Å². The molecule has 4 aromatic rings. The molecule has 194 valence electrons. The van der Waals surface area contributed by atoms with E-state index in [1.165, 1.54) is 56.6 Å². The third-order valence-electron chi connectivity index (χ3n) is 6.11. The van der Waals surface area contributed by atoms with E-state index in [1.54, 1.807) is 24.3 Å².